The number of carbonyl (C=O) groups is 1. The van der Waals surface area contributed by atoms with Crippen molar-refractivity contribution in [3.05, 3.63) is 66.2 Å². The Bertz CT molecular complexity index is 1500. The van der Waals surface area contributed by atoms with Gasteiger partial charge in [0.1, 0.15) is 17.2 Å². The van der Waals surface area contributed by atoms with E-state index < -0.39 is 5.60 Å². The van der Waals surface area contributed by atoms with Gasteiger partial charge in [-0.3, -0.25) is 0 Å². The molecule has 4 aromatic rings. The fourth-order valence-electron chi connectivity index (χ4n) is 4.67. The summed E-state index contributed by atoms with van der Waals surface area (Å²) in [6.45, 7) is 10.2. The van der Waals surface area contributed by atoms with Crippen LogP contribution in [0.15, 0.2) is 60.7 Å². The van der Waals surface area contributed by atoms with Crippen molar-refractivity contribution >= 4 is 40.2 Å². The summed E-state index contributed by atoms with van der Waals surface area (Å²) < 4.78 is 11.6. The van der Waals surface area contributed by atoms with E-state index in [9.17, 15) is 4.79 Å². The number of imidazole rings is 1. The molecule has 0 saturated carbocycles. The number of aromatic amines is 1. The molecule has 2 heterocycles. The van der Waals surface area contributed by atoms with Gasteiger partial charge in [-0.2, -0.15) is 0 Å². The maximum Gasteiger partial charge on any atom is 0.323 e. The predicted octanol–water partition coefficient (Wildman–Crippen LogP) is 6.91. The number of nitrogens with one attached hydrogen (secondary N) is 3. The van der Waals surface area contributed by atoms with E-state index in [-0.39, 0.29) is 6.03 Å². The number of carbonyl (C=O) groups excluding carboxylic acids is 1. The van der Waals surface area contributed by atoms with Gasteiger partial charge in [0.15, 0.2) is 5.75 Å². The van der Waals surface area contributed by atoms with Gasteiger partial charge in [-0.15, -0.1) is 0 Å². The van der Waals surface area contributed by atoms with Gasteiger partial charge >= 0.3 is 6.03 Å². The molecule has 1 aromatic heterocycles. The summed E-state index contributed by atoms with van der Waals surface area (Å²) >= 11 is 0. The van der Waals surface area contributed by atoms with E-state index in [4.69, 9.17) is 14.5 Å². The normalized spacial score (nSPS) is 13.5. The van der Waals surface area contributed by atoms with E-state index in [1.54, 1.807) is 13.2 Å². The van der Waals surface area contributed by atoms with Crippen LogP contribution in [-0.2, 0) is 0 Å². The van der Waals surface area contributed by atoms with E-state index in [1.807, 2.05) is 50.3 Å². The Kier molecular flexibility index (Phi) is 6.72. The molecule has 196 valence electrons. The molecular formula is C30H33N5O3. The van der Waals surface area contributed by atoms with E-state index in [2.05, 4.69) is 58.6 Å². The maximum atomic E-state index is 12.9. The SMILES string of the molecule is CCN(CC)c1ccc(-c2nc3cc(NC(=O)Nc4ccc5c(c4OC)C=CC(C)(C)O5)ccc3[nH]2)cc1. The zero-order chi connectivity index (χ0) is 26.9. The standard InChI is InChI=1S/C30H33N5O3/c1-6-35(7-2)21-11-8-19(9-12-21)28-32-23-13-10-20(18-25(23)33-28)31-29(36)34-24-14-15-26-22(27(24)37-5)16-17-30(3,4)38-26/h8-18H,6-7H2,1-5H3,(H,32,33)(H2,31,34,36). The second-order valence-electron chi connectivity index (χ2n) is 9.71. The largest absolute Gasteiger partial charge is 0.494 e. The molecule has 8 nitrogen and oxygen atoms in total. The van der Waals surface area contributed by atoms with E-state index in [1.165, 1.54) is 5.69 Å². The van der Waals surface area contributed by atoms with Crippen molar-refractivity contribution in [2.45, 2.75) is 33.3 Å². The number of amides is 2. The molecule has 0 fully saturated rings. The molecule has 0 atom stereocenters. The lowest BCUT2D eigenvalue weighted by atomic mass is 10.0. The Morgan fingerprint density at radius 3 is 2.53 bits per heavy atom. The second-order valence-corrected chi connectivity index (χ2v) is 9.71. The quantitative estimate of drug-likeness (QED) is 0.251. The molecule has 0 bridgehead atoms. The maximum absolute atomic E-state index is 12.9. The molecule has 38 heavy (non-hydrogen) atoms. The number of urea groups is 1. The summed E-state index contributed by atoms with van der Waals surface area (Å²) in [5, 5.41) is 5.78. The smallest absolute Gasteiger partial charge is 0.323 e. The Balaban J connectivity index is 1.31. The molecule has 1 aliphatic rings. The zero-order valence-electron chi connectivity index (χ0n) is 22.4. The third-order valence-corrected chi connectivity index (χ3v) is 6.64. The van der Waals surface area contributed by atoms with Crippen LogP contribution in [0.4, 0.5) is 21.9 Å². The van der Waals surface area contributed by atoms with Gasteiger partial charge < -0.3 is 30.0 Å². The van der Waals surface area contributed by atoms with Crippen LogP contribution in [-0.4, -0.2) is 41.8 Å². The van der Waals surface area contributed by atoms with Gasteiger partial charge in [0.2, 0.25) is 0 Å². The monoisotopic (exact) mass is 511 g/mol. The minimum absolute atomic E-state index is 0.383. The molecule has 2 amide bonds. The van der Waals surface area contributed by atoms with Gasteiger partial charge in [0.05, 0.1) is 29.4 Å². The minimum atomic E-state index is -0.399. The first-order valence-corrected chi connectivity index (χ1v) is 12.8. The molecule has 5 rings (SSSR count). The first-order valence-electron chi connectivity index (χ1n) is 12.8. The van der Waals surface area contributed by atoms with Crippen molar-refractivity contribution in [2.75, 3.05) is 35.7 Å². The highest BCUT2D eigenvalue weighted by Crippen LogP contribution is 2.41. The number of anilines is 3. The van der Waals surface area contributed by atoms with Crippen molar-refractivity contribution in [3.8, 4) is 22.9 Å². The Hall–Kier alpha value is -4.46. The Morgan fingerprint density at radius 2 is 1.82 bits per heavy atom. The molecule has 0 radical (unpaired) electrons. The third kappa shape index (κ3) is 5.02. The van der Waals surface area contributed by atoms with Crippen LogP contribution in [0, 0.1) is 0 Å². The molecule has 1 aliphatic heterocycles. The van der Waals surface area contributed by atoms with E-state index >= 15 is 0 Å². The summed E-state index contributed by atoms with van der Waals surface area (Å²) in [5.41, 5.74) is 5.43. The average molecular weight is 512 g/mol. The van der Waals surface area contributed by atoms with Gasteiger partial charge in [0.25, 0.3) is 0 Å². The molecule has 8 heteroatoms. The number of nitrogens with zero attached hydrogens (tertiary/aromatic N) is 2. The van der Waals surface area contributed by atoms with Crippen LogP contribution in [0.2, 0.25) is 0 Å². The lowest BCUT2D eigenvalue weighted by Crippen LogP contribution is -2.27. The average Bonchev–Trinajstić information content (AvgIpc) is 3.33. The van der Waals surface area contributed by atoms with Crippen LogP contribution in [0.1, 0.15) is 33.3 Å². The highest BCUT2D eigenvalue weighted by Gasteiger charge is 2.25. The fraction of sp³-hybridized carbons (Fsp3) is 0.267. The molecular weight excluding hydrogens is 478 g/mol. The van der Waals surface area contributed by atoms with Crippen LogP contribution >= 0.6 is 0 Å². The first kappa shape index (κ1) is 25.2. The van der Waals surface area contributed by atoms with Crippen molar-refractivity contribution in [1.82, 2.24) is 9.97 Å². The summed E-state index contributed by atoms with van der Waals surface area (Å²) in [5.74, 6) is 2.04. The fourth-order valence-corrected chi connectivity index (χ4v) is 4.67. The van der Waals surface area contributed by atoms with Crippen molar-refractivity contribution < 1.29 is 14.3 Å². The first-order chi connectivity index (χ1) is 18.3. The van der Waals surface area contributed by atoms with Crippen molar-refractivity contribution in [3.63, 3.8) is 0 Å². The van der Waals surface area contributed by atoms with Gasteiger partial charge in [-0.25, -0.2) is 9.78 Å². The number of benzene rings is 3. The predicted molar refractivity (Wildman–Crippen MR) is 154 cm³/mol. The summed E-state index contributed by atoms with van der Waals surface area (Å²) in [6, 6.07) is 17.2. The topological polar surface area (TPSA) is 91.5 Å². The Labute approximate surface area is 222 Å². The van der Waals surface area contributed by atoms with Gasteiger partial charge in [-0.05, 0) is 94.4 Å². The second kappa shape index (κ2) is 10.1. The number of rotatable bonds is 7. The van der Waals surface area contributed by atoms with E-state index in [0.717, 1.165) is 41.1 Å². The molecule has 0 saturated heterocycles. The number of hydrogen-bond acceptors (Lipinski definition) is 5. The lowest BCUT2D eigenvalue weighted by molar-refractivity contribution is 0.158. The van der Waals surface area contributed by atoms with E-state index in [0.29, 0.717) is 22.9 Å². The summed E-state index contributed by atoms with van der Waals surface area (Å²) in [4.78, 5) is 23.3. The van der Waals surface area contributed by atoms with Gasteiger partial charge in [0, 0.05) is 30.0 Å². The van der Waals surface area contributed by atoms with Crippen molar-refractivity contribution in [2.24, 2.45) is 0 Å². The number of hydrogen-bond donors (Lipinski definition) is 3. The number of ether oxygens (including phenoxy) is 2. The number of fused-ring (bicyclic) bond motifs is 2. The van der Waals surface area contributed by atoms with Crippen LogP contribution in [0.3, 0.4) is 0 Å². The molecule has 0 spiro atoms. The van der Waals surface area contributed by atoms with Crippen LogP contribution in [0.5, 0.6) is 11.5 Å². The molecule has 0 aliphatic carbocycles. The highest BCUT2D eigenvalue weighted by atomic mass is 16.5. The van der Waals surface area contributed by atoms with Crippen molar-refractivity contribution in [1.29, 1.82) is 0 Å². The Morgan fingerprint density at radius 1 is 1.05 bits per heavy atom. The molecule has 3 N–H and O–H groups in total. The molecule has 3 aromatic carbocycles. The summed E-state index contributed by atoms with van der Waals surface area (Å²) in [6.07, 6.45) is 3.93. The molecule has 0 unspecified atom stereocenters. The highest BCUT2D eigenvalue weighted by molar-refractivity contribution is 6.02. The summed E-state index contributed by atoms with van der Waals surface area (Å²) in [7, 11) is 1.58. The number of aromatic nitrogens is 2. The van der Waals surface area contributed by atoms with Crippen LogP contribution < -0.4 is 25.0 Å². The number of methoxy groups -OCH3 is 1. The third-order valence-electron chi connectivity index (χ3n) is 6.64. The lowest BCUT2D eigenvalue weighted by Gasteiger charge is -2.29. The number of H-pyrrole nitrogens is 1. The van der Waals surface area contributed by atoms with Crippen LogP contribution in [0.25, 0.3) is 28.5 Å². The zero-order valence-corrected chi connectivity index (χ0v) is 22.4. The van der Waals surface area contributed by atoms with Gasteiger partial charge in [-0.1, -0.05) is 0 Å². The minimum Gasteiger partial charge on any atom is -0.494 e.